The molecule has 1 aromatic carbocycles. The quantitative estimate of drug-likeness (QED) is 0.645. The van der Waals surface area contributed by atoms with Crippen LogP contribution in [-0.4, -0.2) is 40.8 Å². The fourth-order valence-electron chi connectivity index (χ4n) is 1.58. The molecule has 0 spiro atoms. The topological polar surface area (TPSA) is 98.7 Å². The number of aromatic hydroxyl groups is 1. The number of anilines is 1. The van der Waals surface area contributed by atoms with Crippen molar-refractivity contribution >= 4 is 29.4 Å². The summed E-state index contributed by atoms with van der Waals surface area (Å²) in [5.41, 5.74) is 0.132. The molecule has 1 rings (SSSR count). The Morgan fingerprint density at radius 3 is 2.65 bits per heavy atom. The lowest BCUT2D eigenvalue weighted by atomic mass is 10.2. The lowest BCUT2D eigenvalue weighted by Gasteiger charge is -2.12. The summed E-state index contributed by atoms with van der Waals surface area (Å²) in [5, 5.41) is 23.5. The van der Waals surface area contributed by atoms with Gasteiger partial charge in [0, 0.05) is 18.3 Å². The standard InChI is InChI=1S/C13H18N2O4S/c1-8(7-20-2)6-14-13(19)15-9-3-4-10(12(17)18)11(16)5-9/h3-5,8,16H,6-7H2,1-2H3,(H,17,18)(H2,14,15,19). The lowest BCUT2D eigenvalue weighted by molar-refractivity contribution is 0.0694. The Kier molecular flexibility index (Phi) is 6.17. The molecular weight excluding hydrogens is 280 g/mol. The molecule has 7 heteroatoms. The minimum absolute atomic E-state index is 0.204. The maximum absolute atomic E-state index is 11.6. The molecule has 0 aliphatic heterocycles. The van der Waals surface area contributed by atoms with Crippen LogP contribution >= 0.6 is 11.8 Å². The molecule has 0 aromatic heterocycles. The van der Waals surface area contributed by atoms with E-state index in [-0.39, 0.29) is 17.3 Å². The molecule has 20 heavy (non-hydrogen) atoms. The molecule has 0 saturated carbocycles. The molecule has 0 saturated heterocycles. The molecule has 0 aliphatic carbocycles. The van der Waals surface area contributed by atoms with Crippen molar-refractivity contribution in [2.24, 2.45) is 5.92 Å². The van der Waals surface area contributed by atoms with Crippen molar-refractivity contribution in [2.45, 2.75) is 6.92 Å². The van der Waals surface area contributed by atoms with E-state index in [9.17, 15) is 14.7 Å². The number of amides is 2. The summed E-state index contributed by atoms with van der Waals surface area (Å²) >= 11 is 1.71. The first-order valence-corrected chi connectivity index (χ1v) is 7.43. The molecule has 6 nitrogen and oxygen atoms in total. The van der Waals surface area contributed by atoms with Crippen LogP contribution in [0.15, 0.2) is 18.2 Å². The first kappa shape index (κ1) is 16.2. The number of aromatic carboxylic acids is 1. The van der Waals surface area contributed by atoms with Gasteiger partial charge in [0.1, 0.15) is 11.3 Å². The zero-order chi connectivity index (χ0) is 15.1. The van der Waals surface area contributed by atoms with Crippen LogP contribution in [-0.2, 0) is 0 Å². The molecule has 0 bridgehead atoms. The molecule has 1 unspecified atom stereocenters. The highest BCUT2D eigenvalue weighted by atomic mass is 32.2. The minimum atomic E-state index is -1.22. The van der Waals surface area contributed by atoms with E-state index in [1.165, 1.54) is 18.2 Å². The summed E-state index contributed by atoms with van der Waals surface area (Å²) in [6.45, 7) is 2.58. The van der Waals surface area contributed by atoms with Crippen LogP contribution in [0.25, 0.3) is 0 Å². The number of nitrogens with one attached hydrogen (secondary N) is 2. The van der Waals surface area contributed by atoms with Gasteiger partial charge in [-0.1, -0.05) is 6.92 Å². The summed E-state index contributed by atoms with van der Waals surface area (Å²) in [6.07, 6.45) is 2.00. The monoisotopic (exact) mass is 298 g/mol. The number of benzene rings is 1. The van der Waals surface area contributed by atoms with E-state index in [0.717, 1.165) is 5.75 Å². The van der Waals surface area contributed by atoms with Gasteiger partial charge >= 0.3 is 12.0 Å². The Morgan fingerprint density at radius 2 is 2.10 bits per heavy atom. The molecule has 0 fully saturated rings. The van der Waals surface area contributed by atoms with E-state index >= 15 is 0 Å². The number of hydrogen-bond donors (Lipinski definition) is 4. The van der Waals surface area contributed by atoms with Gasteiger partial charge in [-0.25, -0.2) is 9.59 Å². The average Bonchev–Trinajstić information content (AvgIpc) is 2.36. The lowest BCUT2D eigenvalue weighted by Crippen LogP contribution is -2.32. The summed E-state index contributed by atoms with van der Waals surface area (Å²) in [4.78, 5) is 22.4. The van der Waals surface area contributed by atoms with Crippen LogP contribution < -0.4 is 10.6 Å². The second-order valence-corrected chi connectivity index (χ2v) is 5.34. The van der Waals surface area contributed by atoms with E-state index < -0.39 is 5.97 Å². The van der Waals surface area contributed by atoms with Crippen LogP contribution in [0.4, 0.5) is 10.5 Å². The number of thioether (sulfide) groups is 1. The zero-order valence-electron chi connectivity index (χ0n) is 11.3. The molecule has 4 N–H and O–H groups in total. The smallest absolute Gasteiger partial charge is 0.339 e. The Bertz CT molecular complexity index is 493. The number of rotatable bonds is 6. The largest absolute Gasteiger partial charge is 0.507 e. The third kappa shape index (κ3) is 5.00. The van der Waals surface area contributed by atoms with Gasteiger partial charge in [0.05, 0.1) is 0 Å². The van der Waals surface area contributed by atoms with Crippen molar-refractivity contribution in [3.63, 3.8) is 0 Å². The van der Waals surface area contributed by atoms with Gasteiger partial charge in [-0.2, -0.15) is 11.8 Å². The number of carbonyl (C=O) groups is 2. The van der Waals surface area contributed by atoms with Crippen LogP contribution in [0, 0.1) is 5.92 Å². The number of urea groups is 1. The van der Waals surface area contributed by atoms with Gasteiger partial charge in [-0.3, -0.25) is 0 Å². The van der Waals surface area contributed by atoms with Crippen molar-refractivity contribution in [2.75, 3.05) is 23.9 Å². The van der Waals surface area contributed by atoms with Crippen LogP contribution in [0.1, 0.15) is 17.3 Å². The predicted molar refractivity (Wildman–Crippen MR) is 79.6 cm³/mol. The molecular formula is C13H18N2O4S. The van der Waals surface area contributed by atoms with E-state index in [1.807, 2.05) is 13.2 Å². The number of phenols is 1. The van der Waals surface area contributed by atoms with Crippen molar-refractivity contribution in [1.29, 1.82) is 0 Å². The van der Waals surface area contributed by atoms with Crippen LogP contribution in [0.2, 0.25) is 0 Å². The van der Waals surface area contributed by atoms with Gasteiger partial charge in [0.15, 0.2) is 0 Å². The maximum atomic E-state index is 11.6. The third-order valence-electron chi connectivity index (χ3n) is 2.55. The summed E-state index contributed by atoms with van der Waals surface area (Å²) < 4.78 is 0. The van der Waals surface area contributed by atoms with Gasteiger partial charge in [0.2, 0.25) is 0 Å². The fourth-order valence-corrected chi connectivity index (χ4v) is 2.26. The molecule has 110 valence electrons. The van der Waals surface area contributed by atoms with E-state index in [2.05, 4.69) is 10.6 Å². The summed E-state index contributed by atoms with van der Waals surface area (Å²) in [5.74, 6) is -0.289. The van der Waals surface area contributed by atoms with Gasteiger partial charge in [0.25, 0.3) is 0 Å². The Labute approximate surface area is 121 Å². The Balaban J connectivity index is 2.54. The predicted octanol–water partition coefficient (Wildman–Crippen LogP) is 2.21. The van der Waals surface area contributed by atoms with E-state index in [1.54, 1.807) is 11.8 Å². The molecule has 2 amide bonds. The summed E-state index contributed by atoms with van der Waals surface area (Å²) in [6, 6.07) is 3.48. The van der Waals surface area contributed by atoms with Gasteiger partial charge < -0.3 is 20.8 Å². The number of hydrogen-bond acceptors (Lipinski definition) is 4. The van der Waals surface area contributed by atoms with Crippen molar-refractivity contribution in [1.82, 2.24) is 5.32 Å². The second kappa shape index (κ2) is 7.64. The molecule has 0 radical (unpaired) electrons. The Morgan fingerprint density at radius 1 is 1.40 bits per heavy atom. The van der Waals surface area contributed by atoms with Crippen molar-refractivity contribution in [3.8, 4) is 5.75 Å². The van der Waals surface area contributed by atoms with Gasteiger partial charge in [-0.15, -0.1) is 0 Å². The maximum Gasteiger partial charge on any atom is 0.339 e. The first-order valence-electron chi connectivity index (χ1n) is 6.04. The normalized spacial score (nSPS) is 11.7. The molecule has 1 aromatic rings. The number of carbonyl (C=O) groups excluding carboxylic acids is 1. The number of carboxylic acid groups (broad SMARTS) is 1. The molecule has 0 aliphatic rings. The minimum Gasteiger partial charge on any atom is -0.507 e. The molecule has 1 atom stereocenters. The highest BCUT2D eigenvalue weighted by molar-refractivity contribution is 7.98. The SMILES string of the molecule is CSCC(C)CNC(=O)Nc1ccc(C(=O)O)c(O)c1. The average molecular weight is 298 g/mol. The van der Waals surface area contributed by atoms with E-state index in [4.69, 9.17) is 5.11 Å². The second-order valence-electron chi connectivity index (χ2n) is 4.43. The van der Waals surface area contributed by atoms with Crippen molar-refractivity contribution < 1.29 is 19.8 Å². The summed E-state index contributed by atoms with van der Waals surface area (Å²) in [7, 11) is 0. The highest BCUT2D eigenvalue weighted by Crippen LogP contribution is 2.21. The van der Waals surface area contributed by atoms with E-state index in [0.29, 0.717) is 18.2 Å². The first-order chi connectivity index (χ1) is 9.43. The Hall–Kier alpha value is -1.89. The molecule has 0 heterocycles. The number of carboxylic acids is 1. The van der Waals surface area contributed by atoms with Crippen LogP contribution in [0.3, 0.4) is 0 Å². The highest BCUT2D eigenvalue weighted by Gasteiger charge is 2.11. The fraction of sp³-hybridized carbons (Fsp3) is 0.385. The van der Waals surface area contributed by atoms with Crippen molar-refractivity contribution in [3.05, 3.63) is 23.8 Å². The third-order valence-corrected chi connectivity index (χ3v) is 3.45. The van der Waals surface area contributed by atoms with Gasteiger partial charge in [-0.05, 0) is 30.1 Å². The zero-order valence-corrected chi connectivity index (χ0v) is 12.2. The van der Waals surface area contributed by atoms with Crippen LogP contribution in [0.5, 0.6) is 5.75 Å².